The molecule has 1 aromatic rings. The van der Waals surface area contributed by atoms with E-state index in [-0.39, 0.29) is 5.91 Å². The van der Waals surface area contributed by atoms with Gasteiger partial charge in [-0.1, -0.05) is 0 Å². The Morgan fingerprint density at radius 3 is 2.70 bits per heavy atom. The zero-order valence-electron chi connectivity index (χ0n) is 13.4. The molecule has 3 N–H and O–H groups in total. The second-order valence-electron chi connectivity index (χ2n) is 5.51. The summed E-state index contributed by atoms with van der Waals surface area (Å²) in [5.74, 6) is -0.0472. The molecule has 0 bridgehead atoms. The second-order valence-corrected chi connectivity index (χ2v) is 5.51. The molecule has 0 radical (unpaired) electrons. The van der Waals surface area contributed by atoms with Crippen molar-refractivity contribution in [2.75, 3.05) is 19.0 Å². The van der Waals surface area contributed by atoms with Crippen LogP contribution in [0.4, 0.5) is 5.69 Å². The Hall–Kier alpha value is -2.34. The molecule has 6 heteroatoms. The van der Waals surface area contributed by atoms with E-state index in [9.17, 15) is 9.59 Å². The summed E-state index contributed by atoms with van der Waals surface area (Å²) in [6.45, 7) is 2.33. The molecule has 0 heterocycles. The highest BCUT2D eigenvalue weighted by atomic mass is 16.5. The molecule has 1 saturated carbocycles. The lowest BCUT2D eigenvalue weighted by Crippen LogP contribution is -2.56. The third kappa shape index (κ3) is 4.10. The normalized spacial score (nSPS) is 15.8. The fourth-order valence-corrected chi connectivity index (χ4v) is 2.30. The van der Waals surface area contributed by atoms with Crippen LogP contribution in [-0.2, 0) is 14.3 Å². The van der Waals surface area contributed by atoms with E-state index in [0.717, 1.165) is 12.0 Å². The molecule has 1 aliphatic rings. The predicted molar refractivity (Wildman–Crippen MR) is 88.1 cm³/mol. The van der Waals surface area contributed by atoms with E-state index in [1.54, 1.807) is 24.3 Å². The molecule has 0 unspecified atom stereocenters. The van der Waals surface area contributed by atoms with Crippen molar-refractivity contribution in [2.45, 2.75) is 31.7 Å². The van der Waals surface area contributed by atoms with Gasteiger partial charge in [-0.15, -0.1) is 0 Å². The number of anilines is 1. The van der Waals surface area contributed by atoms with Gasteiger partial charge in [-0.2, -0.15) is 0 Å². The SMILES string of the molecule is CCOc1cc(NC(=O)C2(N)CCC2)ccc1C=CC(=O)OC. The minimum absolute atomic E-state index is 0.177. The lowest BCUT2D eigenvalue weighted by atomic mass is 9.77. The standard InChI is InChI=1S/C17H22N2O4/c1-3-23-14-11-13(19-16(21)17(18)9-4-10-17)7-5-12(14)6-8-15(20)22-2/h5-8,11H,3-4,9-10,18H2,1-2H3,(H,19,21). The first-order valence-electron chi connectivity index (χ1n) is 7.62. The van der Waals surface area contributed by atoms with E-state index < -0.39 is 11.5 Å². The topological polar surface area (TPSA) is 90.6 Å². The van der Waals surface area contributed by atoms with E-state index in [2.05, 4.69) is 10.1 Å². The summed E-state index contributed by atoms with van der Waals surface area (Å²) >= 11 is 0. The maximum Gasteiger partial charge on any atom is 0.330 e. The zero-order valence-corrected chi connectivity index (χ0v) is 13.4. The van der Waals surface area contributed by atoms with E-state index in [0.29, 0.717) is 30.9 Å². The Morgan fingerprint density at radius 1 is 1.39 bits per heavy atom. The van der Waals surface area contributed by atoms with Crippen LogP contribution >= 0.6 is 0 Å². The van der Waals surface area contributed by atoms with Crippen LogP contribution in [0, 0.1) is 0 Å². The Morgan fingerprint density at radius 2 is 2.13 bits per heavy atom. The summed E-state index contributed by atoms with van der Waals surface area (Å²) in [5.41, 5.74) is 6.60. The van der Waals surface area contributed by atoms with Crippen molar-refractivity contribution in [3.8, 4) is 5.75 Å². The first-order chi connectivity index (χ1) is 11.0. The van der Waals surface area contributed by atoms with Gasteiger partial charge in [0.2, 0.25) is 5.91 Å². The van der Waals surface area contributed by atoms with Crippen molar-refractivity contribution in [1.29, 1.82) is 0 Å². The highest BCUT2D eigenvalue weighted by molar-refractivity contribution is 5.99. The summed E-state index contributed by atoms with van der Waals surface area (Å²) in [6, 6.07) is 5.24. The predicted octanol–water partition coefficient (Wildman–Crippen LogP) is 2.09. The lowest BCUT2D eigenvalue weighted by molar-refractivity contribution is -0.134. The molecule has 124 valence electrons. The highest BCUT2D eigenvalue weighted by Crippen LogP contribution is 2.31. The number of carbonyl (C=O) groups is 2. The Kier molecular flexibility index (Phi) is 5.39. The van der Waals surface area contributed by atoms with Gasteiger partial charge in [-0.25, -0.2) is 4.79 Å². The lowest BCUT2D eigenvalue weighted by Gasteiger charge is -2.36. The van der Waals surface area contributed by atoms with Crippen LogP contribution in [0.3, 0.4) is 0 Å². The van der Waals surface area contributed by atoms with E-state index >= 15 is 0 Å². The first kappa shape index (κ1) is 17.0. The number of carbonyl (C=O) groups excluding carboxylic acids is 2. The van der Waals surface area contributed by atoms with Crippen LogP contribution in [-0.4, -0.2) is 31.1 Å². The van der Waals surface area contributed by atoms with Gasteiger partial charge in [0.1, 0.15) is 5.75 Å². The number of nitrogens with two attached hydrogens (primary N) is 1. The first-order valence-corrected chi connectivity index (χ1v) is 7.62. The molecular formula is C17H22N2O4. The van der Waals surface area contributed by atoms with E-state index in [1.165, 1.54) is 13.2 Å². The van der Waals surface area contributed by atoms with Crippen molar-refractivity contribution in [3.05, 3.63) is 29.8 Å². The molecular weight excluding hydrogens is 296 g/mol. The zero-order chi connectivity index (χ0) is 16.9. The molecule has 0 atom stereocenters. The number of methoxy groups -OCH3 is 1. The second kappa shape index (κ2) is 7.28. The molecule has 1 aliphatic carbocycles. The van der Waals surface area contributed by atoms with Crippen LogP contribution in [0.25, 0.3) is 6.08 Å². The third-order valence-electron chi connectivity index (χ3n) is 3.87. The molecule has 6 nitrogen and oxygen atoms in total. The van der Waals surface area contributed by atoms with Gasteiger partial charge in [0, 0.05) is 23.4 Å². The molecule has 1 amide bonds. The average Bonchev–Trinajstić information content (AvgIpc) is 2.51. The number of rotatable bonds is 6. The summed E-state index contributed by atoms with van der Waals surface area (Å²) in [4.78, 5) is 23.4. The summed E-state index contributed by atoms with van der Waals surface area (Å²) in [5, 5.41) is 2.83. The molecule has 1 aromatic carbocycles. The number of amides is 1. The number of hydrogen-bond acceptors (Lipinski definition) is 5. The van der Waals surface area contributed by atoms with Gasteiger partial charge in [0.05, 0.1) is 19.3 Å². The van der Waals surface area contributed by atoms with Gasteiger partial charge >= 0.3 is 5.97 Å². The summed E-state index contributed by atoms with van der Waals surface area (Å²) in [6.07, 6.45) is 5.32. The maximum absolute atomic E-state index is 12.2. The Labute approximate surface area is 135 Å². The van der Waals surface area contributed by atoms with Crippen molar-refractivity contribution in [3.63, 3.8) is 0 Å². The van der Waals surface area contributed by atoms with Crippen LogP contribution in [0.15, 0.2) is 24.3 Å². The maximum atomic E-state index is 12.2. The third-order valence-corrected chi connectivity index (χ3v) is 3.87. The molecule has 23 heavy (non-hydrogen) atoms. The van der Waals surface area contributed by atoms with Gasteiger partial charge in [0.25, 0.3) is 0 Å². The number of nitrogens with one attached hydrogen (secondary N) is 1. The van der Waals surface area contributed by atoms with Crippen LogP contribution in [0.5, 0.6) is 5.75 Å². The van der Waals surface area contributed by atoms with Crippen molar-refractivity contribution >= 4 is 23.6 Å². The number of esters is 1. The van der Waals surface area contributed by atoms with Gasteiger partial charge in [-0.05, 0) is 44.4 Å². The quantitative estimate of drug-likeness (QED) is 0.619. The molecule has 2 rings (SSSR count). The summed E-state index contributed by atoms with van der Waals surface area (Å²) in [7, 11) is 1.32. The van der Waals surface area contributed by atoms with Gasteiger partial charge in [-0.3, -0.25) is 4.79 Å². The highest BCUT2D eigenvalue weighted by Gasteiger charge is 2.40. The fourth-order valence-electron chi connectivity index (χ4n) is 2.30. The van der Waals surface area contributed by atoms with Gasteiger partial charge in [0.15, 0.2) is 0 Å². The number of benzene rings is 1. The largest absolute Gasteiger partial charge is 0.493 e. The van der Waals surface area contributed by atoms with Crippen LogP contribution in [0.2, 0.25) is 0 Å². The van der Waals surface area contributed by atoms with Crippen molar-refractivity contribution in [2.24, 2.45) is 5.73 Å². The minimum Gasteiger partial charge on any atom is -0.493 e. The average molecular weight is 318 g/mol. The fraction of sp³-hybridized carbons (Fsp3) is 0.412. The molecule has 0 aliphatic heterocycles. The molecule has 1 fully saturated rings. The van der Waals surface area contributed by atoms with Crippen molar-refractivity contribution < 1.29 is 19.1 Å². The van der Waals surface area contributed by atoms with Gasteiger partial charge < -0.3 is 20.5 Å². The van der Waals surface area contributed by atoms with Crippen LogP contribution in [0.1, 0.15) is 31.7 Å². The molecule has 0 spiro atoms. The minimum atomic E-state index is -0.755. The number of hydrogen-bond donors (Lipinski definition) is 2. The van der Waals surface area contributed by atoms with E-state index in [4.69, 9.17) is 10.5 Å². The van der Waals surface area contributed by atoms with E-state index in [1.807, 2.05) is 6.92 Å². The Bertz CT molecular complexity index is 621. The van der Waals surface area contributed by atoms with Crippen LogP contribution < -0.4 is 15.8 Å². The summed E-state index contributed by atoms with van der Waals surface area (Å²) < 4.78 is 10.1. The smallest absolute Gasteiger partial charge is 0.330 e. The Balaban J connectivity index is 2.16. The molecule has 0 saturated heterocycles. The molecule has 0 aromatic heterocycles. The van der Waals surface area contributed by atoms with Crippen molar-refractivity contribution in [1.82, 2.24) is 0 Å². The monoisotopic (exact) mass is 318 g/mol. The number of ether oxygens (including phenoxy) is 2.